The van der Waals surface area contributed by atoms with E-state index in [-0.39, 0.29) is 25.9 Å². The number of hydrogen-bond acceptors (Lipinski definition) is 3. The van der Waals surface area contributed by atoms with Crippen LogP contribution in [0.25, 0.3) is 38.8 Å². The van der Waals surface area contributed by atoms with Crippen LogP contribution in [0.2, 0.25) is 0 Å². The number of aromatic hydroxyl groups is 1. The van der Waals surface area contributed by atoms with Gasteiger partial charge in [-0.15, -0.1) is 34.9 Å². The smallest absolute Gasteiger partial charge is 0.246 e. The van der Waals surface area contributed by atoms with Gasteiger partial charge in [0.25, 0.3) is 0 Å². The molecule has 1 aliphatic rings. The quantitative estimate of drug-likeness (QED) is 0.159. The molecule has 3 heterocycles. The first-order valence-electron chi connectivity index (χ1n) is 12.9. The minimum Gasteiger partial charge on any atom is -0.513 e. The van der Waals surface area contributed by atoms with Gasteiger partial charge in [-0.05, 0) is 59.0 Å². The molecule has 195 valence electrons. The first-order valence-corrected chi connectivity index (χ1v) is 12.9. The van der Waals surface area contributed by atoms with E-state index in [2.05, 4.69) is 67.6 Å². The van der Waals surface area contributed by atoms with Crippen LogP contribution < -0.4 is 4.57 Å². The largest absolute Gasteiger partial charge is 0.513 e. The summed E-state index contributed by atoms with van der Waals surface area (Å²) in [6.45, 7) is 4.23. The molecule has 6 heteroatoms. The molecule has 1 saturated carbocycles. The maximum atomic E-state index is 9.66. The van der Waals surface area contributed by atoms with E-state index < -0.39 is 0 Å². The van der Waals surface area contributed by atoms with Gasteiger partial charge in [0, 0.05) is 26.3 Å². The Morgan fingerprint density at radius 3 is 2.66 bits per heavy atom. The molecule has 0 bridgehead atoms. The van der Waals surface area contributed by atoms with E-state index in [1.54, 1.807) is 27.3 Å². The van der Waals surface area contributed by atoms with Crippen LogP contribution in [-0.4, -0.2) is 14.5 Å². The number of para-hydroxylation sites is 1. The van der Waals surface area contributed by atoms with Crippen molar-refractivity contribution in [2.24, 2.45) is 7.05 Å². The van der Waals surface area contributed by atoms with Crippen LogP contribution in [0.15, 0.2) is 71.4 Å². The molecular weight excluding hydrogens is 651 g/mol. The Labute approximate surface area is 236 Å². The van der Waals surface area contributed by atoms with Crippen LogP contribution in [0.3, 0.4) is 0 Å². The summed E-state index contributed by atoms with van der Waals surface area (Å²) in [5, 5.41) is 12.2. The Morgan fingerprint density at radius 1 is 1.05 bits per heavy atom. The van der Waals surface area contributed by atoms with Crippen molar-refractivity contribution in [1.82, 2.24) is 9.38 Å². The van der Waals surface area contributed by atoms with E-state index in [4.69, 9.17) is 4.42 Å². The molecule has 1 radical (unpaired) electrons. The van der Waals surface area contributed by atoms with Crippen LogP contribution in [0.4, 0.5) is 0 Å². The van der Waals surface area contributed by atoms with Crippen molar-refractivity contribution in [2.45, 2.75) is 45.4 Å². The molecule has 5 nitrogen and oxygen atoms in total. The third-order valence-electron chi connectivity index (χ3n) is 7.22. The third-order valence-corrected chi connectivity index (χ3v) is 7.22. The second kappa shape index (κ2) is 10.7. The molecule has 0 aliphatic heterocycles. The van der Waals surface area contributed by atoms with Crippen molar-refractivity contribution in [3.63, 3.8) is 0 Å². The van der Waals surface area contributed by atoms with E-state index >= 15 is 0 Å². The number of phenolic OH excluding ortho intramolecular Hbond substituents is 1. The Morgan fingerprint density at radius 2 is 1.87 bits per heavy atom. The van der Waals surface area contributed by atoms with Crippen molar-refractivity contribution in [3.05, 3.63) is 96.1 Å². The molecule has 0 amide bonds. The van der Waals surface area contributed by atoms with E-state index in [9.17, 15) is 5.11 Å². The van der Waals surface area contributed by atoms with Crippen LogP contribution in [0.1, 0.15) is 48.3 Å². The molecule has 38 heavy (non-hydrogen) atoms. The molecule has 3 aromatic carbocycles. The summed E-state index contributed by atoms with van der Waals surface area (Å²) in [6, 6.07) is 22.1. The van der Waals surface area contributed by atoms with Gasteiger partial charge in [-0.3, -0.25) is 4.40 Å². The predicted octanol–water partition coefficient (Wildman–Crippen LogP) is 6.99. The summed E-state index contributed by atoms with van der Waals surface area (Å²) >= 11 is 0. The van der Waals surface area contributed by atoms with Crippen LogP contribution in [0.5, 0.6) is 5.75 Å². The van der Waals surface area contributed by atoms with Gasteiger partial charge >= 0.3 is 0 Å². The van der Waals surface area contributed by atoms with E-state index in [1.165, 1.54) is 53.1 Å². The minimum atomic E-state index is 0. The van der Waals surface area contributed by atoms with Crippen molar-refractivity contribution in [3.8, 4) is 17.0 Å². The molecule has 3 aromatic heterocycles. The Hall–Kier alpha value is -3.47. The zero-order valence-corrected chi connectivity index (χ0v) is 24.2. The first-order chi connectivity index (χ1) is 18.0. The molecule has 0 atom stereocenters. The average molecular weight is 681 g/mol. The monoisotopic (exact) mass is 681 g/mol. The summed E-state index contributed by atoms with van der Waals surface area (Å²) in [7, 11) is 1.86. The van der Waals surface area contributed by atoms with Crippen LogP contribution >= 0.6 is 0 Å². The van der Waals surface area contributed by atoms with Crippen molar-refractivity contribution in [1.29, 1.82) is 0 Å². The number of benzene rings is 3. The number of aromatic nitrogens is 3. The number of fused-ring (bicyclic) bond motifs is 4. The van der Waals surface area contributed by atoms with Gasteiger partial charge in [0.1, 0.15) is 16.8 Å². The molecule has 6 aromatic rings. The summed E-state index contributed by atoms with van der Waals surface area (Å²) < 4.78 is 8.96. The molecule has 1 N–H and O–H groups in total. The van der Waals surface area contributed by atoms with Gasteiger partial charge in [0.2, 0.25) is 12.0 Å². The van der Waals surface area contributed by atoms with E-state index in [1.807, 2.05) is 19.3 Å². The number of oxazole rings is 1. The molecule has 0 spiro atoms. The van der Waals surface area contributed by atoms with E-state index in [0.717, 1.165) is 17.2 Å². The fourth-order valence-electron chi connectivity index (χ4n) is 5.57. The van der Waals surface area contributed by atoms with Gasteiger partial charge in [0.15, 0.2) is 0 Å². The molecular formula is C32H30IrN3O2-. The Kier molecular flexibility index (Phi) is 7.38. The number of phenols is 1. The minimum absolute atomic E-state index is 0. The van der Waals surface area contributed by atoms with Gasteiger partial charge in [-0.1, -0.05) is 51.0 Å². The number of pyridine rings is 1. The van der Waals surface area contributed by atoms with Gasteiger partial charge < -0.3 is 19.1 Å². The average Bonchev–Trinajstić information content (AvgIpc) is 3.60. The molecule has 0 unspecified atom stereocenters. The number of hydrogen-bond donors (Lipinski definition) is 1. The number of rotatable bonds is 2. The maximum absolute atomic E-state index is 9.66. The summed E-state index contributed by atoms with van der Waals surface area (Å²) in [5.41, 5.74) is 8.06. The Bertz CT molecular complexity index is 1720. The zero-order valence-electron chi connectivity index (χ0n) is 21.8. The first kappa shape index (κ1) is 26.1. The zero-order chi connectivity index (χ0) is 25.5. The normalized spacial score (nSPS) is 13.6. The number of imidazole rings is 1. The van der Waals surface area contributed by atoms with Gasteiger partial charge in [0.05, 0.1) is 13.2 Å². The molecule has 7 rings (SSSR count). The topological polar surface area (TPSA) is 54.5 Å². The SMILES string of the molecule is C[n+]1[c-]n2c(c1)oc1cccc(O)c12.Cc1[c-]c(-c2nccc3cc(C4CCCC4)ccc23)cc(C)c1.[Ir]. The predicted molar refractivity (Wildman–Crippen MR) is 146 cm³/mol. The molecule has 1 fully saturated rings. The number of nitrogens with zero attached hydrogens (tertiary/aromatic N) is 3. The second-order valence-electron chi connectivity index (χ2n) is 10.1. The molecule has 0 saturated heterocycles. The maximum Gasteiger partial charge on any atom is 0.246 e. The van der Waals surface area contributed by atoms with E-state index in [0.29, 0.717) is 16.8 Å². The fourth-order valence-corrected chi connectivity index (χ4v) is 5.57. The summed E-state index contributed by atoms with van der Waals surface area (Å²) in [5.74, 6) is 0.956. The third kappa shape index (κ3) is 4.99. The van der Waals surface area contributed by atoms with Gasteiger partial charge in [-0.25, -0.2) is 0 Å². The Balaban J connectivity index is 0.000000168. The van der Waals surface area contributed by atoms with Gasteiger partial charge in [-0.2, -0.15) is 0 Å². The van der Waals surface area contributed by atoms with Crippen LogP contribution in [0, 0.1) is 26.2 Å². The van der Waals surface area contributed by atoms with Crippen molar-refractivity contribution in [2.75, 3.05) is 0 Å². The van der Waals surface area contributed by atoms with Crippen molar-refractivity contribution >= 4 is 27.6 Å². The molecule has 1 aliphatic carbocycles. The van der Waals surface area contributed by atoms with Crippen molar-refractivity contribution < 1.29 is 34.2 Å². The summed E-state index contributed by atoms with van der Waals surface area (Å²) in [4.78, 5) is 4.66. The standard InChI is InChI=1S/C22H22N.C10H8N2O2.Ir/c1-15-11-16(2)13-20(12-15)22-21-8-7-18(17-5-3-4-6-17)14-19(21)9-10-23-22;1-11-5-9-12(6-11)10-7(13)3-2-4-8(10)14-9;/h7-12,14,17H,3-6H2,1-2H3;2-5,13H,1H3;/q-1;;. The fraction of sp³-hybridized carbons (Fsp3) is 0.250. The van der Waals surface area contributed by atoms with Crippen LogP contribution in [-0.2, 0) is 27.2 Å². The second-order valence-corrected chi connectivity index (χ2v) is 10.1. The summed E-state index contributed by atoms with van der Waals surface area (Å²) in [6.07, 6.45) is 12.2. The number of aryl methyl sites for hydroxylation is 3.